The second-order valence-corrected chi connectivity index (χ2v) is 12.7. The summed E-state index contributed by atoms with van der Waals surface area (Å²) in [5.74, 6) is -4.56. The van der Waals surface area contributed by atoms with Crippen molar-refractivity contribution in [3.05, 3.63) is 35.5 Å². The van der Waals surface area contributed by atoms with Crippen molar-refractivity contribution in [3.8, 4) is 0 Å². The maximum absolute atomic E-state index is 14.0. The van der Waals surface area contributed by atoms with Crippen molar-refractivity contribution in [2.45, 2.75) is 134 Å². The molecule has 39 heavy (non-hydrogen) atoms. The van der Waals surface area contributed by atoms with Gasteiger partial charge in [-0.25, -0.2) is 0 Å². The minimum atomic E-state index is -5.54. The van der Waals surface area contributed by atoms with Crippen LogP contribution in [0.2, 0.25) is 0 Å². The van der Waals surface area contributed by atoms with Gasteiger partial charge in [0.2, 0.25) is 0 Å². The zero-order valence-electron chi connectivity index (χ0n) is 28.9. The summed E-state index contributed by atoms with van der Waals surface area (Å²) in [6.45, 7) is -2.49. The normalized spacial score (nSPS) is 37.6. The average molecular weight is 567 g/mol. The summed E-state index contributed by atoms with van der Waals surface area (Å²) in [5, 5.41) is 40.3. The van der Waals surface area contributed by atoms with Gasteiger partial charge in [0, 0.05) is 8.22 Å². The molecule has 0 aromatic rings. The van der Waals surface area contributed by atoms with Gasteiger partial charge in [-0.2, -0.15) is 17.6 Å². The zero-order valence-corrected chi connectivity index (χ0v) is 22.9. The fraction of sp³-hybridized carbons (Fsp3) is 0.806. The summed E-state index contributed by atoms with van der Waals surface area (Å²) in [6, 6.07) is 0. The topological polar surface area (TPSA) is 80.9 Å². The fourth-order valence-electron chi connectivity index (χ4n) is 7.66. The van der Waals surface area contributed by atoms with E-state index in [1.54, 1.807) is 0 Å². The summed E-state index contributed by atoms with van der Waals surface area (Å²) in [5.41, 5.74) is -2.03. The third kappa shape index (κ3) is 7.96. The van der Waals surface area contributed by atoms with Crippen LogP contribution in [0.15, 0.2) is 35.5 Å². The smallest absolute Gasteiger partial charge is 0.393 e. The highest BCUT2D eigenvalue weighted by atomic mass is 19.4. The molecule has 4 nitrogen and oxygen atoms in total. The van der Waals surface area contributed by atoms with E-state index in [-0.39, 0.29) is 42.6 Å². The Hall–Kier alpha value is -1.22. The molecule has 3 saturated carbocycles. The van der Waals surface area contributed by atoms with Gasteiger partial charge in [-0.3, -0.25) is 0 Å². The van der Waals surface area contributed by atoms with Gasteiger partial charge in [0.1, 0.15) is 0 Å². The summed E-state index contributed by atoms with van der Waals surface area (Å²) >= 11 is 0. The van der Waals surface area contributed by atoms with Crippen LogP contribution in [0.3, 0.4) is 0 Å². The molecule has 0 bridgehead atoms. The highest BCUT2D eigenvalue weighted by Crippen LogP contribution is 2.63. The second-order valence-electron chi connectivity index (χ2n) is 12.7. The van der Waals surface area contributed by atoms with Crippen LogP contribution < -0.4 is 0 Å². The third-order valence-electron chi connectivity index (χ3n) is 9.49. The van der Waals surface area contributed by atoms with Gasteiger partial charge < -0.3 is 20.4 Å². The number of fused-ring (bicyclic) bond motifs is 1. The number of rotatable bonds is 9. The minimum Gasteiger partial charge on any atom is -0.393 e. The van der Waals surface area contributed by atoms with Crippen molar-refractivity contribution in [1.82, 2.24) is 0 Å². The van der Waals surface area contributed by atoms with Crippen LogP contribution in [0.5, 0.6) is 0 Å². The minimum absolute atomic E-state index is 0.0620. The first kappa shape index (κ1) is 24.4. The lowest BCUT2D eigenvalue weighted by atomic mass is 9.55. The van der Waals surface area contributed by atoms with E-state index in [0.29, 0.717) is 25.7 Å². The fourth-order valence-corrected chi connectivity index (χ4v) is 7.66. The average Bonchev–Trinajstić information content (AvgIpc) is 3.23. The number of halogens is 4. The lowest BCUT2D eigenvalue weighted by Crippen LogP contribution is -2.42. The van der Waals surface area contributed by atoms with E-state index in [1.807, 2.05) is 13.0 Å². The molecule has 0 amide bonds. The molecular weight excluding hydrogens is 512 g/mol. The molecule has 0 spiro atoms. The quantitative estimate of drug-likeness (QED) is 0.178. The van der Waals surface area contributed by atoms with Gasteiger partial charge in [0.15, 0.2) is 0 Å². The monoisotopic (exact) mass is 566 g/mol. The molecule has 3 aliphatic carbocycles. The highest BCUT2D eigenvalue weighted by molar-refractivity contribution is 5.26. The Morgan fingerprint density at radius 2 is 1.69 bits per heavy atom. The molecule has 0 aromatic heterocycles. The standard InChI is InChI=1S/C31H48F4O4/c1-27(2,38)13-6-14-28(3,15-7-17-30(32,39)31(33,34)35)26-12-11-25-22(8-5-16-29(25,26)4)10-9-21-18-23(36)20-24(37)19-21/h7,9-10,17,23-26,36-39H,5-6,8,11-16,18-20H2,1-4H3/t23-,24-,25?,26-,28-,29+,30?/m1/s1/i1D3,2D3. The first-order valence-electron chi connectivity index (χ1n) is 17.0. The molecule has 3 fully saturated rings. The number of aliphatic hydroxyl groups excluding tert-OH is 2. The van der Waals surface area contributed by atoms with Crippen molar-refractivity contribution in [2.75, 3.05) is 0 Å². The van der Waals surface area contributed by atoms with Crippen LogP contribution in [0.25, 0.3) is 0 Å². The van der Waals surface area contributed by atoms with Crippen LogP contribution >= 0.6 is 0 Å². The molecule has 7 atom stereocenters. The van der Waals surface area contributed by atoms with E-state index in [0.717, 1.165) is 37.3 Å². The molecule has 0 radical (unpaired) electrons. The Labute approximate surface area is 239 Å². The molecule has 0 aliphatic heterocycles. The predicted molar refractivity (Wildman–Crippen MR) is 144 cm³/mol. The number of allylic oxidation sites excluding steroid dienone is 4. The Kier molecular flexibility index (Phi) is 7.47. The van der Waals surface area contributed by atoms with Crippen LogP contribution in [0.1, 0.15) is 113 Å². The van der Waals surface area contributed by atoms with Gasteiger partial charge in [0.05, 0.1) is 17.8 Å². The Morgan fingerprint density at radius 1 is 1.03 bits per heavy atom. The lowest BCUT2D eigenvalue weighted by molar-refractivity contribution is -0.290. The molecule has 0 heterocycles. The molecule has 3 rings (SSSR count). The number of hydrogen-bond donors (Lipinski definition) is 4. The molecular formula is C31H48F4O4. The predicted octanol–water partition coefficient (Wildman–Crippen LogP) is 7.08. The van der Waals surface area contributed by atoms with E-state index < -0.39 is 55.4 Å². The lowest BCUT2D eigenvalue weighted by Gasteiger charge is -2.49. The maximum atomic E-state index is 14.0. The van der Waals surface area contributed by atoms with Crippen molar-refractivity contribution >= 4 is 0 Å². The Morgan fingerprint density at radius 3 is 2.31 bits per heavy atom. The third-order valence-corrected chi connectivity index (χ3v) is 9.49. The Balaban J connectivity index is 1.93. The summed E-state index contributed by atoms with van der Waals surface area (Å²) in [7, 11) is 0. The second kappa shape index (κ2) is 11.9. The van der Waals surface area contributed by atoms with E-state index in [9.17, 15) is 38.0 Å². The van der Waals surface area contributed by atoms with Crippen LogP contribution in [0.4, 0.5) is 17.6 Å². The SMILES string of the molecule is [2H]C([2H])([2H])C(O)(CCC[C@](C)(CC=CC(O)(F)C(F)(F)F)[C@H]1CCC2C(=CC=C3C[C@@H](O)C[C@H](O)C3)CCC[C@@]21C)C([2H])([2H])[2H]. The summed E-state index contributed by atoms with van der Waals surface area (Å²) in [4.78, 5) is 0. The largest absolute Gasteiger partial charge is 0.452 e. The van der Waals surface area contributed by atoms with Gasteiger partial charge in [0.25, 0.3) is 0 Å². The van der Waals surface area contributed by atoms with E-state index in [2.05, 4.69) is 13.0 Å². The Bertz CT molecular complexity index is 1110. The first-order chi connectivity index (χ1) is 20.4. The van der Waals surface area contributed by atoms with Crippen molar-refractivity contribution in [2.24, 2.45) is 22.7 Å². The summed E-state index contributed by atoms with van der Waals surface area (Å²) in [6.07, 6.45) is 2.90. The molecule has 8 heteroatoms. The van der Waals surface area contributed by atoms with Crippen molar-refractivity contribution in [1.29, 1.82) is 0 Å². The zero-order chi connectivity index (χ0) is 34.3. The summed E-state index contributed by atoms with van der Waals surface area (Å²) < 4.78 is 99.3. The van der Waals surface area contributed by atoms with Crippen molar-refractivity contribution in [3.63, 3.8) is 0 Å². The van der Waals surface area contributed by atoms with Crippen LogP contribution in [-0.4, -0.2) is 50.3 Å². The van der Waals surface area contributed by atoms with Gasteiger partial charge in [-0.15, -0.1) is 0 Å². The van der Waals surface area contributed by atoms with Gasteiger partial charge in [-0.1, -0.05) is 49.6 Å². The number of aliphatic hydroxyl groups is 4. The van der Waals surface area contributed by atoms with Gasteiger partial charge in [-0.05, 0) is 113 Å². The number of alkyl halides is 4. The highest BCUT2D eigenvalue weighted by Gasteiger charge is 2.56. The van der Waals surface area contributed by atoms with Crippen LogP contribution in [-0.2, 0) is 0 Å². The van der Waals surface area contributed by atoms with Gasteiger partial charge >= 0.3 is 12.0 Å². The van der Waals surface area contributed by atoms with E-state index in [4.69, 9.17) is 8.22 Å². The molecule has 3 aliphatic rings. The molecule has 224 valence electrons. The van der Waals surface area contributed by atoms with E-state index in [1.165, 1.54) is 5.57 Å². The van der Waals surface area contributed by atoms with Crippen LogP contribution in [0, 0.1) is 22.7 Å². The number of hydrogen-bond acceptors (Lipinski definition) is 4. The van der Waals surface area contributed by atoms with Crippen molar-refractivity contribution < 1.29 is 46.2 Å². The molecule has 0 aromatic carbocycles. The molecule has 4 N–H and O–H groups in total. The maximum Gasteiger partial charge on any atom is 0.452 e. The molecule has 0 saturated heterocycles. The first-order valence-corrected chi connectivity index (χ1v) is 14.0. The molecule has 2 unspecified atom stereocenters. The van der Waals surface area contributed by atoms with E-state index >= 15 is 0 Å².